The number of hydrogen-bond donors (Lipinski definition) is 5. The van der Waals surface area contributed by atoms with E-state index in [0.717, 1.165) is 32.1 Å². The van der Waals surface area contributed by atoms with Gasteiger partial charge in [-0.15, -0.1) is 0 Å². The van der Waals surface area contributed by atoms with Crippen LogP contribution in [0.1, 0.15) is 76.1 Å². The third kappa shape index (κ3) is 8.32. The van der Waals surface area contributed by atoms with Crippen molar-refractivity contribution in [3.05, 3.63) is 23.9 Å². The number of hydrogen-bond acceptors (Lipinski definition) is 7. The van der Waals surface area contributed by atoms with Crippen LogP contribution in [0.3, 0.4) is 0 Å². The SMILES string of the molecule is CC(C)(C)OC(=O)NCC(=O)N1CCC[C@]1(C(=O)O)C1CCCCC1.NC(=O)c1ccc(NC(=O)O)nc1. The standard InChI is InChI=1S/C18H30N2O5.C7H7N3O3/c1-17(2,3)25-16(24)19-12-14(21)20-11-7-10-18(20,15(22)23)13-8-5-4-6-9-13;8-6(11)4-1-2-5(9-3-4)10-7(12)13/h13H,4-12H2,1-3H3,(H,19,24)(H,22,23);1-3H,(H2,8,11)(H,9,10)(H,12,13)/t18-;/m1./s1. The van der Waals surface area contributed by atoms with Gasteiger partial charge in [-0.25, -0.2) is 19.4 Å². The van der Waals surface area contributed by atoms with Gasteiger partial charge in [-0.1, -0.05) is 19.3 Å². The summed E-state index contributed by atoms with van der Waals surface area (Å²) in [4.78, 5) is 62.4. The van der Waals surface area contributed by atoms with Crippen molar-refractivity contribution in [1.82, 2.24) is 15.2 Å². The van der Waals surface area contributed by atoms with Crippen molar-refractivity contribution in [2.24, 2.45) is 11.7 Å². The number of carboxylic acid groups (broad SMARTS) is 2. The Morgan fingerprint density at radius 3 is 2.26 bits per heavy atom. The molecule has 210 valence electrons. The van der Waals surface area contributed by atoms with Crippen molar-refractivity contribution >= 4 is 35.8 Å². The molecule has 2 aliphatic rings. The molecule has 13 nitrogen and oxygen atoms in total. The maximum absolute atomic E-state index is 12.7. The highest BCUT2D eigenvalue weighted by Gasteiger charge is 2.54. The quantitative estimate of drug-likeness (QED) is 0.363. The molecule has 13 heteroatoms. The third-order valence-electron chi connectivity index (χ3n) is 6.44. The van der Waals surface area contributed by atoms with Gasteiger partial charge >= 0.3 is 18.2 Å². The van der Waals surface area contributed by atoms with E-state index in [1.807, 2.05) is 5.32 Å². The number of ether oxygens (including phenoxy) is 1. The number of rotatable bonds is 6. The van der Waals surface area contributed by atoms with E-state index in [9.17, 15) is 29.1 Å². The van der Waals surface area contributed by atoms with Crippen LogP contribution in [0.5, 0.6) is 0 Å². The van der Waals surface area contributed by atoms with Gasteiger partial charge in [-0.2, -0.15) is 0 Å². The molecule has 0 aromatic carbocycles. The number of nitrogens with two attached hydrogens (primary N) is 1. The number of aliphatic carboxylic acids is 1. The van der Waals surface area contributed by atoms with E-state index in [1.165, 1.54) is 23.2 Å². The number of nitrogens with zero attached hydrogens (tertiary/aromatic N) is 2. The molecule has 1 aliphatic heterocycles. The molecule has 0 unspecified atom stereocenters. The van der Waals surface area contributed by atoms with Crippen molar-refractivity contribution in [2.75, 3.05) is 18.4 Å². The van der Waals surface area contributed by atoms with E-state index in [1.54, 1.807) is 20.8 Å². The molecule has 1 atom stereocenters. The number of anilines is 1. The van der Waals surface area contributed by atoms with Crippen molar-refractivity contribution in [2.45, 2.75) is 76.9 Å². The lowest BCUT2D eigenvalue weighted by atomic mass is 9.73. The van der Waals surface area contributed by atoms with Gasteiger partial charge in [-0.3, -0.25) is 14.9 Å². The number of carboxylic acids is 1. The Labute approximate surface area is 221 Å². The minimum absolute atomic E-state index is 0.00766. The molecule has 1 aromatic heterocycles. The highest BCUT2D eigenvalue weighted by molar-refractivity contribution is 5.93. The molecule has 2 heterocycles. The summed E-state index contributed by atoms with van der Waals surface area (Å²) in [6.07, 6.45) is 5.33. The molecule has 1 saturated heterocycles. The molecule has 0 spiro atoms. The number of alkyl carbamates (subject to hydrolysis) is 1. The maximum Gasteiger partial charge on any atom is 0.410 e. The van der Waals surface area contributed by atoms with Gasteiger partial charge < -0.3 is 30.9 Å². The monoisotopic (exact) mass is 535 g/mol. The largest absolute Gasteiger partial charge is 0.479 e. The predicted octanol–water partition coefficient (Wildman–Crippen LogP) is 2.81. The molecular weight excluding hydrogens is 498 g/mol. The van der Waals surface area contributed by atoms with Crippen LogP contribution in [0.25, 0.3) is 0 Å². The summed E-state index contributed by atoms with van der Waals surface area (Å²) < 4.78 is 5.13. The average Bonchev–Trinajstić information content (AvgIpc) is 3.29. The molecule has 38 heavy (non-hydrogen) atoms. The van der Waals surface area contributed by atoms with Gasteiger partial charge in [0.2, 0.25) is 11.8 Å². The number of aromatic nitrogens is 1. The number of amides is 4. The first-order chi connectivity index (χ1) is 17.8. The number of pyridine rings is 1. The zero-order chi connectivity index (χ0) is 28.5. The highest BCUT2D eigenvalue weighted by atomic mass is 16.6. The van der Waals surface area contributed by atoms with E-state index < -0.39 is 35.2 Å². The number of carbonyl (C=O) groups excluding carboxylic acids is 3. The molecule has 1 aliphatic carbocycles. The molecule has 1 aromatic rings. The molecule has 3 rings (SSSR count). The van der Waals surface area contributed by atoms with Crippen LogP contribution in [-0.2, 0) is 14.3 Å². The first-order valence-electron chi connectivity index (χ1n) is 12.5. The Balaban J connectivity index is 0.000000328. The maximum atomic E-state index is 12.7. The lowest BCUT2D eigenvalue weighted by Gasteiger charge is -2.42. The summed E-state index contributed by atoms with van der Waals surface area (Å²) in [7, 11) is 0. The van der Waals surface area contributed by atoms with Gasteiger partial charge in [-0.05, 0) is 64.5 Å². The number of carbonyl (C=O) groups is 5. The van der Waals surface area contributed by atoms with Crippen molar-refractivity contribution in [3.8, 4) is 0 Å². The first-order valence-corrected chi connectivity index (χ1v) is 12.5. The van der Waals surface area contributed by atoms with Crippen molar-refractivity contribution in [3.63, 3.8) is 0 Å². The number of likely N-dealkylation sites (tertiary alicyclic amines) is 1. The normalized spacial score (nSPS) is 19.5. The average molecular weight is 536 g/mol. The Morgan fingerprint density at radius 1 is 1.11 bits per heavy atom. The summed E-state index contributed by atoms with van der Waals surface area (Å²) in [6.45, 7) is 5.42. The van der Waals surface area contributed by atoms with Crippen LogP contribution >= 0.6 is 0 Å². The topological polar surface area (TPSA) is 201 Å². The molecular formula is C25H37N5O8. The molecule has 1 saturated carbocycles. The predicted molar refractivity (Wildman–Crippen MR) is 137 cm³/mol. The zero-order valence-corrected chi connectivity index (χ0v) is 22.0. The molecule has 6 N–H and O–H groups in total. The summed E-state index contributed by atoms with van der Waals surface area (Å²) in [5.74, 6) is -1.72. The van der Waals surface area contributed by atoms with E-state index in [2.05, 4.69) is 10.3 Å². The minimum atomic E-state index is -1.21. The number of primary amides is 1. The minimum Gasteiger partial charge on any atom is -0.479 e. The Morgan fingerprint density at radius 2 is 1.76 bits per heavy atom. The summed E-state index contributed by atoms with van der Waals surface area (Å²) in [5, 5.41) is 22.7. The van der Waals surface area contributed by atoms with Crippen LogP contribution in [0.4, 0.5) is 15.4 Å². The zero-order valence-electron chi connectivity index (χ0n) is 22.0. The van der Waals surface area contributed by atoms with Crippen LogP contribution in [-0.4, -0.2) is 74.3 Å². The Hall–Kier alpha value is -3.90. The van der Waals surface area contributed by atoms with Gasteiger partial charge in [0.1, 0.15) is 23.5 Å². The third-order valence-corrected chi connectivity index (χ3v) is 6.44. The summed E-state index contributed by atoms with van der Waals surface area (Å²) in [5.41, 5.74) is 3.42. The fourth-order valence-corrected chi connectivity index (χ4v) is 4.87. The van der Waals surface area contributed by atoms with Gasteiger partial charge in [0.25, 0.3) is 0 Å². The lowest BCUT2D eigenvalue weighted by molar-refractivity contribution is -0.161. The molecule has 4 amide bonds. The van der Waals surface area contributed by atoms with Gasteiger partial charge in [0.15, 0.2) is 0 Å². The second-order valence-electron chi connectivity index (χ2n) is 10.3. The fourth-order valence-electron chi connectivity index (χ4n) is 4.87. The van der Waals surface area contributed by atoms with Crippen LogP contribution in [0.15, 0.2) is 18.3 Å². The fraction of sp³-hybridized carbons (Fsp3) is 0.600. The van der Waals surface area contributed by atoms with Gasteiger partial charge in [0.05, 0.1) is 5.56 Å². The highest BCUT2D eigenvalue weighted by Crippen LogP contribution is 2.43. The van der Waals surface area contributed by atoms with E-state index in [-0.39, 0.29) is 29.8 Å². The summed E-state index contributed by atoms with van der Waals surface area (Å²) in [6, 6.07) is 2.74. The van der Waals surface area contributed by atoms with E-state index in [4.69, 9.17) is 15.6 Å². The second kappa shape index (κ2) is 13.1. The first kappa shape index (κ1) is 30.3. The Kier molecular flexibility index (Phi) is 10.4. The van der Waals surface area contributed by atoms with Crippen LogP contribution in [0.2, 0.25) is 0 Å². The summed E-state index contributed by atoms with van der Waals surface area (Å²) >= 11 is 0. The van der Waals surface area contributed by atoms with E-state index >= 15 is 0 Å². The molecule has 0 bridgehead atoms. The molecule has 0 radical (unpaired) electrons. The van der Waals surface area contributed by atoms with E-state index in [0.29, 0.717) is 19.4 Å². The van der Waals surface area contributed by atoms with Crippen LogP contribution in [0, 0.1) is 5.92 Å². The van der Waals surface area contributed by atoms with Crippen LogP contribution < -0.4 is 16.4 Å². The van der Waals surface area contributed by atoms with Crippen molar-refractivity contribution in [1.29, 1.82) is 0 Å². The smallest absolute Gasteiger partial charge is 0.410 e. The van der Waals surface area contributed by atoms with Gasteiger partial charge in [0, 0.05) is 12.7 Å². The number of nitrogens with one attached hydrogen (secondary N) is 2. The Bertz CT molecular complexity index is 1020. The molecule has 2 fully saturated rings. The van der Waals surface area contributed by atoms with Crippen molar-refractivity contribution < 1.29 is 38.9 Å². The lowest BCUT2D eigenvalue weighted by Crippen LogP contribution is -2.59. The second-order valence-corrected chi connectivity index (χ2v) is 10.3.